The van der Waals surface area contributed by atoms with Crippen LogP contribution in [-0.2, 0) is 13.7 Å². The van der Waals surface area contributed by atoms with Gasteiger partial charge < -0.3 is 4.74 Å². The van der Waals surface area contributed by atoms with Gasteiger partial charge in [-0.2, -0.15) is 5.10 Å². The second-order valence-corrected chi connectivity index (χ2v) is 3.63. The molecule has 0 fully saturated rings. The van der Waals surface area contributed by atoms with E-state index in [4.69, 9.17) is 4.74 Å². The molecule has 0 unspecified atom stereocenters. The molecule has 0 N–H and O–H groups in total. The van der Waals surface area contributed by atoms with E-state index in [1.165, 1.54) is 11.1 Å². The van der Waals surface area contributed by atoms with E-state index in [0.717, 1.165) is 5.75 Å². The van der Waals surface area contributed by atoms with Crippen LogP contribution < -0.4 is 4.74 Å². The predicted octanol–water partition coefficient (Wildman–Crippen LogP) is 2.31. The Bertz CT molecular complexity index is 448. The van der Waals surface area contributed by atoms with Gasteiger partial charge >= 0.3 is 0 Å². The summed E-state index contributed by atoms with van der Waals surface area (Å²) >= 11 is 0. The second kappa shape index (κ2) is 4.17. The first-order valence-corrected chi connectivity index (χ1v) is 4.91. The summed E-state index contributed by atoms with van der Waals surface area (Å²) in [6.45, 7) is 2.67. The van der Waals surface area contributed by atoms with Crippen molar-refractivity contribution in [2.45, 2.75) is 13.5 Å². The maximum atomic E-state index is 5.58. The SMILES string of the molecule is Cc1cccc(COc2cnn(C)c2)c1. The van der Waals surface area contributed by atoms with Crippen LogP contribution in [0.15, 0.2) is 36.7 Å². The first-order valence-electron chi connectivity index (χ1n) is 4.91. The summed E-state index contributed by atoms with van der Waals surface area (Å²) in [7, 11) is 1.87. The van der Waals surface area contributed by atoms with Crippen LogP contribution in [-0.4, -0.2) is 9.78 Å². The van der Waals surface area contributed by atoms with E-state index in [1.54, 1.807) is 10.9 Å². The zero-order chi connectivity index (χ0) is 10.7. The molecule has 1 aromatic heterocycles. The van der Waals surface area contributed by atoms with Crippen LogP contribution in [0.3, 0.4) is 0 Å². The fraction of sp³-hybridized carbons (Fsp3) is 0.250. The van der Waals surface area contributed by atoms with Crippen LogP contribution in [0.4, 0.5) is 0 Å². The number of benzene rings is 1. The average molecular weight is 202 g/mol. The molecule has 0 saturated carbocycles. The fourth-order valence-corrected chi connectivity index (χ4v) is 1.44. The minimum absolute atomic E-state index is 0.591. The van der Waals surface area contributed by atoms with E-state index in [2.05, 4.69) is 30.2 Å². The first kappa shape index (κ1) is 9.77. The lowest BCUT2D eigenvalue weighted by atomic mass is 10.1. The van der Waals surface area contributed by atoms with Crippen molar-refractivity contribution in [1.29, 1.82) is 0 Å². The predicted molar refractivity (Wildman–Crippen MR) is 58.7 cm³/mol. The van der Waals surface area contributed by atoms with Crippen molar-refractivity contribution in [3.05, 3.63) is 47.8 Å². The molecule has 2 aromatic rings. The topological polar surface area (TPSA) is 27.1 Å². The van der Waals surface area contributed by atoms with Crippen LogP contribution in [0.25, 0.3) is 0 Å². The molecule has 15 heavy (non-hydrogen) atoms. The van der Waals surface area contributed by atoms with Crippen LogP contribution in [0.1, 0.15) is 11.1 Å². The third kappa shape index (κ3) is 2.59. The summed E-state index contributed by atoms with van der Waals surface area (Å²) in [5, 5.41) is 4.04. The number of hydrogen-bond acceptors (Lipinski definition) is 2. The minimum Gasteiger partial charge on any atom is -0.486 e. The monoisotopic (exact) mass is 202 g/mol. The maximum Gasteiger partial charge on any atom is 0.157 e. The highest BCUT2D eigenvalue weighted by Gasteiger charge is 1.98. The largest absolute Gasteiger partial charge is 0.486 e. The Morgan fingerprint density at radius 1 is 1.40 bits per heavy atom. The molecular weight excluding hydrogens is 188 g/mol. The Labute approximate surface area is 89.3 Å². The van der Waals surface area contributed by atoms with Gasteiger partial charge in [-0.3, -0.25) is 4.68 Å². The van der Waals surface area contributed by atoms with Gasteiger partial charge in [0.25, 0.3) is 0 Å². The van der Waals surface area contributed by atoms with Crippen molar-refractivity contribution >= 4 is 0 Å². The number of aryl methyl sites for hydroxylation is 2. The molecule has 0 amide bonds. The number of hydrogen-bond donors (Lipinski definition) is 0. The van der Waals surface area contributed by atoms with E-state index in [-0.39, 0.29) is 0 Å². The molecule has 0 aliphatic carbocycles. The quantitative estimate of drug-likeness (QED) is 0.763. The summed E-state index contributed by atoms with van der Waals surface area (Å²) in [6, 6.07) is 8.30. The number of ether oxygens (including phenoxy) is 1. The number of nitrogens with zero attached hydrogens (tertiary/aromatic N) is 2. The third-order valence-corrected chi connectivity index (χ3v) is 2.17. The molecule has 0 aliphatic rings. The molecule has 0 spiro atoms. The standard InChI is InChI=1S/C12H14N2O/c1-10-4-3-5-11(6-10)9-15-12-7-13-14(2)8-12/h3-8H,9H2,1-2H3. The van der Waals surface area contributed by atoms with Gasteiger partial charge in [-0.15, -0.1) is 0 Å². The van der Waals surface area contributed by atoms with Crippen LogP contribution in [0.2, 0.25) is 0 Å². The van der Waals surface area contributed by atoms with E-state index in [9.17, 15) is 0 Å². The molecule has 2 rings (SSSR count). The Hall–Kier alpha value is -1.77. The lowest BCUT2D eigenvalue weighted by Gasteiger charge is -2.03. The van der Waals surface area contributed by atoms with Gasteiger partial charge in [-0.25, -0.2) is 0 Å². The summed E-state index contributed by atoms with van der Waals surface area (Å²) < 4.78 is 7.31. The van der Waals surface area contributed by atoms with E-state index >= 15 is 0 Å². The average Bonchev–Trinajstić information content (AvgIpc) is 2.62. The zero-order valence-corrected chi connectivity index (χ0v) is 8.97. The van der Waals surface area contributed by atoms with E-state index in [0.29, 0.717) is 6.61 Å². The molecule has 0 aliphatic heterocycles. The summed E-state index contributed by atoms with van der Waals surface area (Å²) in [6.07, 6.45) is 3.57. The third-order valence-electron chi connectivity index (χ3n) is 2.17. The molecule has 3 heteroatoms. The van der Waals surface area contributed by atoms with Gasteiger partial charge in [0.15, 0.2) is 5.75 Å². The fourth-order valence-electron chi connectivity index (χ4n) is 1.44. The molecule has 0 saturated heterocycles. The summed E-state index contributed by atoms with van der Waals surface area (Å²) in [5.74, 6) is 0.805. The van der Waals surface area contributed by atoms with E-state index < -0.39 is 0 Å². The highest BCUT2D eigenvalue weighted by molar-refractivity contribution is 5.22. The van der Waals surface area contributed by atoms with Crippen LogP contribution in [0.5, 0.6) is 5.75 Å². The molecule has 1 aromatic carbocycles. The number of aromatic nitrogens is 2. The molecule has 0 radical (unpaired) electrons. The zero-order valence-electron chi connectivity index (χ0n) is 8.97. The molecule has 0 atom stereocenters. The van der Waals surface area contributed by atoms with Gasteiger partial charge in [-0.05, 0) is 12.5 Å². The highest BCUT2D eigenvalue weighted by atomic mass is 16.5. The Morgan fingerprint density at radius 3 is 2.93 bits per heavy atom. The van der Waals surface area contributed by atoms with Gasteiger partial charge in [0.05, 0.1) is 12.4 Å². The maximum absolute atomic E-state index is 5.58. The molecular formula is C12H14N2O. The Balaban J connectivity index is 1.99. The minimum atomic E-state index is 0.591. The second-order valence-electron chi connectivity index (χ2n) is 3.63. The Morgan fingerprint density at radius 2 is 2.27 bits per heavy atom. The summed E-state index contributed by atoms with van der Waals surface area (Å²) in [5.41, 5.74) is 2.43. The van der Waals surface area contributed by atoms with Crippen LogP contribution >= 0.6 is 0 Å². The van der Waals surface area contributed by atoms with Gasteiger partial charge in [0.2, 0.25) is 0 Å². The molecule has 0 bridgehead atoms. The molecule has 78 valence electrons. The van der Waals surface area contributed by atoms with Crippen molar-refractivity contribution in [1.82, 2.24) is 9.78 Å². The van der Waals surface area contributed by atoms with Crippen molar-refractivity contribution in [2.24, 2.45) is 7.05 Å². The van der Waals surface area contributed by atoms with Crippen molar-refractivity contribution < 1.29 is 4.74 Å². The van der Waals surface area contributed by atoms with Crippen molar-refractivity contribution in [3.63, 3.8) is 0 Å². The van der Waals surface area contributed by atoms with Gasteiger partial charge in [-0.1, -0.05) is 29.8 Å². The van der Waals surface area contributed by atoms with Crippen LogP contribution in [0, 0.1) is 6.92 Å². The smallest absolute Gasteiger partial charge is 0.157 e. The van der Waals surface area contributed by atoms with E-state index in [1.807, 2.05) is 19.3 Å². The highest BCUT2D eigenvalue weighted by Crippen LogP contribution is 2.11. The Kier molecular flexibility index (Phi) is 2.72. The van der Waals surface area contributed by atoms with Crippen molar-refractivity contribution in [2.75, 3.05) is 0 Å². The lowest BCUT2D eigenvalue weighted by Crippen LogP contribution is -1.94. The van der Waals surface area contributed by atoms with Gasteiger partial charge in [0, 0.05) is 7.05 Å². The molecule has 1 heterocycles. The van der Waals surface area contributed by atoms with Crippen molar-refractivity contribution in [3.8, 4) is 5.75 Å². The lowest BCUT2D eigenvalue weighted by molar-refractivity contribution is 0.306. The molecule has 3 nitrogen and oxygen atoms in total. The summed E-state index contributed by atoms with van der Waals surface area (Å²) in [4.78, 5) is 0. The normalized spacial score (nSPS) is 10.3. The number of rotatable bonds is 3. The first-order chi connectivity index (χ1) is 7.24. The van der Waals surface area contributed by atoms with Gasteiger partial charge in [0.1, 0.15) is 6.61 Å².